The second-order valence-corrected chi connectivity index (χ2v) is 10.1. The molecule has 36 heavy (non-hydrogen) atoms. The zero-order chi connectivity index (χ0) is 25.8. The smallest absolute Gasteiger partial charge is 0.317 e. The number of urea groups is 1. The summed E-state index contributed by atoms with van der Waals surface area (Å²) in [5, 5.41) is 11.5. The molecular weight excluding hydrogens is 460 g/mol. The molecule has 1 saturated carbocycles. The summed E-state index contributed by atoms with van der Waals surface area (Å²) in [6.07, 6.45) is 3.78. The summed E-state index contributed by atoms with van der Waals surface area (Å²) in [7, 11) is 3.21. The zero-order valence-electron chi connectivity index (χ0n) is 21.3. The number of hydrogen-bond donors (Lipinski definition) is 4. The first-order valence-electron chi connectivity index (χ1n) is 13.0. The maximum Gasteiger partial charge on any atom is 0.317 e. The van der Waals surface area contributed by atoms with E-state index < -0.39 is 18.1 Å². The molecule has 1 aliphatic carbocycles. The third-order valence-corrected chi connectivity index (χ3v) is 7.97. The second-order valence-electron chi connectivity index (χ2n) is 10.1. The van der Waals surface area contributed by atoms with Gasteiger partial charge in [0, 0.05) is 31.6 Å². The van der Waals surface area contributed by atoms with Gasteiger partial charge >= 0.3 is 6.03 Å². The largest absolute Gasteiger partial charge is 0.351 e. The molecule has 4 rings (SSSR count). The van der Waals surface area contributed by atoms with Gasteiger partial charge in [-0.1, -0.05) is 30.3 Å². The van der Waals surface area contributed by atoms with Crippen LogP contribution in [0.5, 0.6) is 0 Å². The van der Waals surface area contributed by atoms with Crippen molar-refractivity contribution in [3.05, 3.63) is 35.9 Å². The number of likely N-dealkylation sites (N-methyl/N-ethyl adjacent to an activating group) is 1. The van der Waals surface area contributed by atoms with Gasteiger partial charge in [-0.2, -0.15) is 0 Å². The Morgan fingerprint density at radius 3 is 2.36 bits per heavy atom. The van der Waals surface area contributed by atoms with Crippen molar-refractivity contribution in [1.29, 1.82) is 0 Å². The van der Waals surface area contributed by atoms with Crippen molar-refractivity contribution >= 4 is 23.8 Å². The molecule has 10 heteroatoms. The normalized spacial score (nSPS) is 28.8. The first-order chi connectivity index (χ1) is 17.3. The van der Waals surface area contributed by atoms with E-state index >= 15 is 0 Å². The molecule has 196 valence electrons. The molecule has 2 saturated heterocycles. The van der Waals surface area contributed by atoms with Crippen molar-refractivity contribution in [2.75, 3.05) is 27.2 Å². The standard InChI is InChI=1S/C26H38N6O4/c1-16(27-2)23(33)30-21-15-31(26(36)28-3)14-13-18-9-12-22(32(18)25(21)35)24(34)29-20-11-10-19(20)17-7-5-4-6-8-17/h4-8,16,18-22,27H,9-15H2,1-3H3,(H,28,36)(H,29,34)(H,30,33)/t16-,18+,19+,20-,21-,22-/m0/s1. The predicted molar refractivity (Wildman–Crippen MR) is 135 cm³/mol. The van der Waals surface area contributed by atoms with Crippen LogP contribution in [0.15, 0.2) is 30.3 Å². The van der Waals surface area contributed by atoms with E-state index in [1.807, 2.05) is 18.2 Å². The Labute approximate surface area is 212 Å². The van der Waals surface area contributed by atoms with Gasteiger partial charge in [-0.15, -0.1) is 0 Å². The molecule has 2 aliphatic heterocycles. The van der Waals surface area contributed by atoms with E-state index in [-0.39, 0.29) is 48.3 Å². The molecule has 3 aliphatic rings. The Morgan fingerprint density at radius 2 is 1.72 bits per heavy atom. The minimum Gasteiger partial charge on any atom is -0.351 e. The molecule has 1 aromatic rings. The average molecular weight is 499 g/mol. The monoisotopic (exact) mass is 498 g/mol. The fourth-order valence-electron chi connectivity index (χ4n) is 5.56. The van der Waals surface area contributed by atoms with Crippen LogP contribution in [0.4, 0.5) is 4.79 Å². The minimum atomic E-state index is -0.928. The van der Waals surface area contributed by atoms with Gasteiger partial charge in [0.05, 0.1) is 12.6 Å². The molecule has 2 heterocycles. The summed E-state index contributed by atoms with van der Waals surface area (Å²) >= 11 is 0. The zero-order valence-corrected chi connectivity index (χ0v) is 21.3. The Bertz CT molecular complexity index is 972. The topological polar surface area (TPSA) is 123 Å². The Kier molecular flexibility index (Phi) is 8.13. The van der Waals surface area contributed by atoms with Crippen molar-refractivity contribution in [3.8, 4) is 0 Å². The lowest BCUT2D eigenvalue weighted by molar-refractivity contribution is -0.145. The van der Waals surface area contributed by atoms with E-state index in [2.05, 4.69) is 33.4 Å². The molecule has 3 fully saturated rings. The molecule has 4 N–H and O–H groups in total. The molecule has 0 spiro atoms. The van der Waals surface area contributed by atoms with E-state index in [0.717, 1.165) is 12.8 Å². The van der Waals surface area contributed by atoms with Crippen molar-refractivity contribution in [2.45, 2.75) is 75.2 Å². The van der Waals surface area contributed by atoms with Crippen molar-refractivity contribution < 1.29 is 19.2 Å². The van der Waals surface area contributed by atoms with Gasteiger partial charge < -0.3 is 31.1 Å². The summed E-state index contributed by atoms with van der Waals surface area (Å²) in [6, 6.07) is 7.79. The van der Waals surface area contributed by atoms with E-state index in [1.54, 1.807) is 30.8 Å². The lowest BCUT2D eigenvalue weighted by Crippen LogP contribution is -2.63. The highest BCUT2D eigenvalue weighted by molar-refractivity contribution is 5.94. The minimum absolute atomic E-state index is 0.0525. The third kappa shape index (κ3) is 5.33. The molecule has 0 radical (unpaired) electrons. The summed E-state index contributed by atoms with van der Waals surface area (Å²) in [4.78, 5) is 55.6. The summed E-state index contributed by atoms with van der Waals surface area (Å²) in [5.74, 6) is -0.484. The van der Waals surface area contributed by atoms with Crippen LogP contribution >= 0.6 is 0 Å². The lowest BCUT2D eigenvalue weighted by atomic mass is 9.75. The number of rotatable bonds is 6. The number of benzene rings is 1. The Balaban J connectivity index is 1.50. The predicted octanol–water partition coefficient (Wildman–Crippen LogP) is 0.546. The van der Waals surface area contributed by atoms with Crippen LogP contribution in [0, 0.1) is 0 Å². The molecule has 5 amide bonds. The number of amides is 5. The summed E-state index contributed by atoms with van der Waals surface area (Å²) in [6.45, 7) is 2.20. The van der Waals surface area contributed by atoms with Crippen molar-refractivity contribution in [3.63, 3.8) is 0 Å². The fourth-order valence-corrected chi connectivity index (χ4v) is 5.56. The maximum absolute atomic E-state index is 13.8. The average Bonchev–Trinajstić information content (AvgIpc) is 3.30. The van der Waals surface area contributed by atoms with E-state index in [4.69, 9.17) is 0 Å². The summed E-state index contributed by atoms with van der Waals surface area (Å²) in [5.41, 5.74) is 1.22. The Morgan fingerprint density at radius 1 is 0.972 bits per heavy atom. The van der Waals surface area contributed by atoms with Crippen LogP contribution in [0.3, 0.4) is 0 Å². The second kappa shape index (κ2) is 11.3. The first-order valence-corrected chi connectivity index (χ1v) is 13.0. The molecule has 6 atom stereocenters. The van der Waals surface area contributed by atoms with Gasteiger partial charge in [-0.3, -0.25) is 14.4 Å². The van der Waals surface area contributed by atoms with E-state index in [1.165, 1.54) is 5.56 Å². The van der Waals surface area contributed by atoms with Crippen LogP contribution in [0.2, 0.25) is 0 Å². The number of hydrogen-bond acceptors (Lipinski definition) is 5. The maximum atomic E-state index is 13.8. The molecule has 0 unspecified atom stereocenters. The van der Waals surface area contributed by atoms with Gasteiger partial charge in [0.15, 0.2) is 0 Å². The van der Waals surface area contributed by atoms with Crippen LogP contribution in [0.1, 0.15) is 50.5 Å². The Hall–Kier alpha value is -3.14. The van der Waals surface area contributed by atoms with Gasteiger partial charge in [0.2, 0.25) is 17.7 Å². The SMILES string of the molecule is CNC(=O)N1CC[C@H]2CC[C@@H](C(=O)N[C@H]3CC[C@@H]3c3ccccc3)N2C(=O)[C@@H](NC(=O)[C@H](C)NC)C1. The molecule has 10 nitrogen and oxygen atoms in total. The van der Waals surface area contributed by atoms with Crippen LogP contribution < -0.4 is 21.3 Å². The molecule has 0 aromatic heterocycles. The van der Waals surface area contributed by atoms with Crippen molar-refractivity contribution in [2.24, 2.45) is 0 Å². The number of carbonyl (C=O) groups is 4. The van der Waals surface area contributed by atoms with Crippen LogP contribution in [0.25, 0.3) is 0 Å². The number of carbonyl (C=O) groups excluding carboxylic acids is 4. The highest BCUT2D eigenvalue weighted by atomic mass is 16.2. The number of fused-ring (bicyclic) bond motifs is 1. The van der Waals surface area contributed by atoms with Crippen molar-refractivity contribution in [1.82, 2.24) is 31.1 Å². The van der Waals surface area contributed by atoms with Crippen LogP contribution in [-0.4, -0.2) is 90.9 Å². The first kappa shape index (κ1) is 25.9. The number of nitrogens with zero attached hydrogens (tertiary/aromatic N) is 2. The molecule has 0 bridgehead atoms. The van der Waals surface area contributed by atoms with Gasteiger partial charge in [0.25, 0.3) is 0 Å². The van der Waals surface area contributed by atoms with Gasteiger partial charge in [0.1, 0.15) is 12.1 Å². The van der Waals surface area contributed by atoms with E-state index in [9.17, 15) is 19.2 Å². The van der Waals surface area contributed by atoms with E-state index in [0.29, 0.717) is 25.8 Å². The molecule has 1 aromatic carbocycles. The highest BCUT2D eigenvalue weighted by Gasteiger charge is 2.46. The highest BCUT2D eigenvalue weighted by Crippen LogP contribution is 2.37. The summed E-state index contributed by atoms with van der Waals surface area (Å²) < 4.78 is 0. The van der Waals surface area contributed by atoms with Crippen LogP contribution in [-0.2, 0) is 14.4 Å². The quantitative estimate of drug-likeness (QED) is 0.456. The third-order valence-electron chi connectivity index (χ3n) is 7.97. The van der Waals surface area contributed by atoms with Gasteiger partial charge in [-0.05, 0) is 51.6 Å². The number of nitrogens with one attached hydrogen (secondary N) is 4. The fraction of sp³-hybridized carbons (Fsp3) is 0.615. The molecular formula is C26H38N6O4. The van der Waals surface area contributed by atoms with Gasteiger partial charge in [-0.25, -0.2) is 4.79 Å². The lowest BCUT2D eigenvalue weighted by Gasteiger charge is -2.41.